The molecule has 2 heterocycles. The summed E-state index contributed by atoms with van der Waals surface area (Å²) in [7, 11) is 0. The minimum absolute atomic E-state index is 0.00946. The molecule has 4 N–H and O–H groups in total. The van der Waals surface area contributed by atoms with E-state index in [0.29, 0.717) is 26.2 Å². The molecule has 2 aliphatic heterocycles. The predicted octanol–water partition coefficient (Wildman–Crippen LogP) is 1.60. The second kappa shape index (κ2) is 8.18. The van der Waals surface area contributed by atoms with E-state index in [1.807, 2.05) is 40.1 Å². The highest BCUT2D eigenvalue weighted by Crippen LogP contribution is 2.25. The minimum atomic E-state index is -0.179. The van der Waals surface area contributed by atoms with Crippen LogP contribution in [-0.4, -0.2) is 54.0 Å². The molecule has 0 spiro atoms. The van der Waals surface area contributed by atoms with Crippen LogP contribution in [0.25, 0.3) is 0 Å². The highest BCUT2D eigenvalue weighted by Gasteiger charge is 2.36. The van der Waals surface area contributed by atoms with Crippen molar-refractivity contribution in [2.75, 3.05) is 31.1 Å². The maximum absolute atomic E-state index is 12.9. The number of amides is 2. The van der Waals surface area contributed by atoms with Gasteiger partial charge in [-0.25, -0.2) is 9.79 Å². The molecule has 2 aliphatic rings. The van der Waals surface area contributed by atoms with Crippen LogP contribution in [0.15, 0.2) is 46.2 Å². The van der Waals surface area contributed by atoms with Crippen molar-refractivity contribution in [1.29, 1.82) is 5.26 Å². The van der Waals surface area contributed by atoms with Gasteiger partial charge in [-0.15, -0.1) is 0 Å². The van der Waals surface area contributed by atoms with Crippen LogP contribution in [0, 0.1) is 11.3 Å². The van der Waals surface area contributed by atoms with E-state index in [1.54, 1.807) is 11.0 Å². The molecule has 3 rings (SSSR count). The molecular formula is C18H22ClN7O. The van der Waals surface area contributed by atoms with Gasteiger partial charge in [0.25, 0.3) is 0 Å². The number of guanidine groups is 1. The number of urea groups is 1. The molecule has 2 fully saturated rings. The van der Waals surface area contributed by atoms with Crippen LogP contribution < -0.4 is 16.4 Å². The van der Waals surface area contributed by atoms with Crippen molar-refractivity contribution in [1.82, 2.24) is 9.80 Å². The predicted molar refractivity (Wildman–Crippen MR) is 105 cm³/mol. The lowest BCUT2D eigenvalue weighted by molar-refractivity contribution is 0.161. The lowest BCUT2D eigenvalue weighted by Crippen LogP contribution is -2.52. The number of halogens is 1. The first-order valence-electron chi connectivity index (χ1n) is 8.79. The smallest absolute Gasteiger partial charge is 0.324 e. The van der Waals surface area contributed by atoms with E-state index in [4.69, 9.17) is 28.3 Å². The normalized spacial score (nSPS) is 21.9. The molecule has 1 aromatic carbocycles. The lowest BCUT2D eigenvalue weighted by Gasteiger charge is -2.37. The molecule has 1 unspecified atom stereocenters. The van der Waals surface area contributed by atoms with E-state index in [1.165, 1.54) is 0 Å². The van der Waals surface area contributed by atoms with Gasteiger partial charge in [-0.05, 0) is 25.0 Å². The molecule has 9 heteroatoms. The summed E-state index contributed by atoms with van der Waals surface area (Å²) in [6.07, 6.45) is 1.78. The topological polar surface area (TPSA) is 115 Å². The number of hydrogen-bond acceptors (Lipinski definition) is 4. The van der Waals surface area contributed by atoms with Gasteiger partial charge in [-0.2, -0.15) is 5.26 Å². The summed E-state index contributed by atoms with van der Waals surface area (Å²) in [6.45, 7) is 2.62. The third-order valence-electron chi connectivity index (χ3n) is 4.83. The van der Waals surface area contributed by atoms with Crippen molar-refractivity contribution in [3.8, 4) is 6.07 Å². The summed E-state index contributed by atoms with van der Waals surface area (Å²) in [5, 5.41) is 8.65. The van der Waals surface area contributed by atoms with E-state index in [-0.39, 0.29) is 28.9 Å². The second-order valence-corrected chi connectivity index (χ2v) is 6.85. The number of benzene rings is 1. The van der Waals surface area contributed by atoms with Gasteiger partial charge in [-0.3, -0.25) is 4.90 Å². The average Bonchev–Trinajstić information content (AvgIpc) is 3.09. The zero-order chi connectivity index (χ0) is 19.4. The molecule has 0 aromatic heterocycles. The maximum Gasteiger partial charge on any atom is 0.324 e. The highest BCUT2D eigenvalue weighted by molar-refractivity contribution is 6.30. The van der Waals surface area contributed by atoms with Crippen molar-refractivity contribution >= 4 is 29.3 Å². The van der Waals surface area contributed by atoms with Crippen LogP contribution in [0.3, 0.4) is 0 Å². The monoisotopic (exact) mass is 387 g/mol. The molecule has 8 nitrogen and oxygen atoms in total. The largest absolute Gasteiger partial charge is 0.388 e. The molecule has 0 saturated carbocycles. The van der Waals surface area contributed by atoms with Gasteiger partial charge in [0.2, 0.25) is 0 Å². The number of nitrogens with zero attached hydrogens (tertiary/aromatic N) is 5. The van der Waals surface area contributed by atoms with Gasteiger partial charge in [-0.1, -0.05) is 29.8 Å². The molecule has 27 heavy (non-hydrogen) atoms. The number of piperidine rings is 1. The average molecular weight is 388 g/mol. The molecule has 0 aliphatic carbocycles. The van der Waals surface area contributed by atoms with Gasteiger partial charge in [0.15, 0.2) is 11.1 Å². The second-order valence-electron chi connectivity index (χ2n) is 6.49. The quantitative estimate of drug-likeness (QED) is 0.354. The highest BCUT2D eigenvalue weighted by atomic mass is 35.5. The van der Waals surface area contributed by atoms with Crippen LogP contribution in [0.2, 0.25) is 0 Å². The number of carbonyl (C=O) groups is 1. The molecule has 1 atom stereocenters. The summed E-state index contributed by atoms with van der Waals surface area (Å²) in [4.78, 5) is 22.5. The Morgan fingerprint density at radius 3 is 2.67 bits per heavy atom. The van der Waals surface area contributed by atoms with Crippen LogP contribution in [-0.2, 0) is 0 Å². The number of allylic oxidation sites excluding steroid dienone is 1. The standard InChI is InChI=1S/C18H22ClN7O/c19-16(15(21)11-20)23-17(22)24-8-4-7-14(12-24)26-10-9-25(18(26)27)13-5-2-1-3-6-13/h1-3,5-6,14H,4,7-10,12,21H2,(H2,22,23)/b16-15-. The van der Waals surface area contributed by atoms with Crippen molar-refractivity contribution in [3.05, 3.63) is 41.2 Å². The summed E-state index contributed by atoms with van der Waals surface area (Å²) in [5.74, 6) is 0.203. The van der Waals surface area contributed by atoms with Gasteiger partial charge < -0.3 is 21.3 Å². The Bertz CT molecular complexity index is 802. The number of carbonyl (C=O) groups excluding carboxylic acids is 1. The van der Waals surface area contributed by atoms with E-state index < -0.39 is 0 Å². The molecule has 0 radical (unpaired) electrons. The molecule has 142 valence electrons. The fourth-order valence-electron chi connectivity index (χ4n) is 3.44. The summed E-state index contributed by atoms with van der Waals surface area (Å²) in [5.41, 5.74) is 12.2. The van der Waals surface area contributed by atoms with Crippen LogP contribution in [0.5, 0.6) is 0 Å². The van der Waals surface area contributed by atoms with E-state index >= 15 is 0 Å². The lowest BCUT2D eigenvalue weighted by atomic mass is 10.0. The Morgan fingerprint density at radius 2 is 1.96 bits per heavy atom. The van der Waals surface area contributed by atoms with Gasteiger partial charge in [0, 0.05) is 31.9 Å². The van der Waals surface area contributed by atoms with E-state index in [0.717, 1.165) is 18.5 Å². The first-order valence-corrected chi connectivity index (χ1v) is 9.16. The number of rotatable bonds is 3. The number of nitrogens with two attached hydrogens (primary N) is 2. The number of anilines is 1. The number of aliphatic imine (C=N–C) groups is 1. The van der Waals surface area contributed by atoms with Crippen LogP contribution in [0.4, 0.5) is 10.5 Å². The third kappa shape index (κ3) is 4.09. The first-order chi connectivity index (χ1) is 13.0. The zero-order valence-corrected chi connectivity index (χ0v) is 15.6. The zero-order valence-electron chi connectivity index (χ0n) is 14.9. The molecule has 2 amide bonds. The van der Waals surface area contributed by atoms with Gasteiger partial charge >= 0.3 is 6.03 Å². The van der Waals surface area contributed by atoms with Gasteiger partial charge in [0.05, 0.1) is 6.04 Å². The van der Waals surface area contributed by atoms with Crippen LogP contribution >= 0.6 is 11.6 Å². The summed E-state index contributed by atoms with van der Waals surface area (Å²) in [6, 6.07) is 11.5. The number of nitriles is 1. The Labute approximate surface area is 163 Å². The Kier molecular flexibility index (Phi) is 5.72. The molecular weight excluding hydrogens is 366 g/mol. The van der Waals surface area contributed by atoms with E-state index in [9.17, 15) is 4.79 Å². The summed E-state index contributed by atoms with van der Waals surface area (Å²) >= 11 is 5.89. The van der Waals surface area contributed by atoms with Gasteiger partial charge in [0.1, 0.15) is 11.8 Å². The fraction of sp³-hybridized carbons (Fsp3) is 0.389. The number of hydrogen-bond donors (Lipinski definition) is 2. The molecule has 2 saturated heterocycles. The molecule has 1 aromatic rings. The fourth-order valence-corrected chi connectivity index (χ4v) is 3.56. The third-order valence-corrected chi connectivity index (χ3v) is 5.11. The van der Waals surface area contributed by atoms with Crippen molar-refractivity contribution in [2.24, 2.45) is 16.5 Å². The number of likely N-dealkylation sites (tertiary alicyclic amines) is 1. The first kappa shape index (κ1) is 18.9. The van der Waals surface area contributed by atoms with Crippen molar-refractivity contribution < 1.29 is 4.79 Å². The van der Waals surface area contributed by atoms with Crippen molar-refractivity contribution in [3.63, 3.8) is 0 Å². The minimum Gasteiger partial charge on any atom is -0.388 e. The Morgan fingerprint density at radius 1 is 1.22 bits per heavy atom. The number of para-hydroxylation sites is 1. The van der Waals surface area contributed by atoms with E-state index in [2.05, 4.69) is 4.99 Å². The Hall–Kier alpha value is -2.92. The van der Waals surface area contributed by atoms with Crippen molar-refractivity contribution in [2.45, 2.75) is 18.9 Å². The Balaban J connectivity index is 1.69. The summed E-state index contributed by atoms with van der Waals surface area (Å²) < 4.78 is 0. The maximum atomic E-state index is 12.9. The van der Waals surface area contributed by atoms with Crippen LogP contribution in [0.1, 0.15) is 12.8 Å². The molecule has 0 bridgehead atoms. The SMILES string of the molecule is N#C/C(N)=C(\Cl)N=C(N)N1CCCC(N2CCN(c3ccccc3)C2=O)C1.